The third kappa shape index (κ3) is 5.51. The number of nitrogens with zero attached hydrogens (tertiary/aromatic N) is 2. The fraction of sp³-hybridized carbons (Fsp3) is 0.417. The highest BCUT2D eigenvalue weighted by Crippen LogP contribution is 2.32. The predicted molar refractivity (Wildman–Crippen MR) is 126 cm³/mol. The van der Waals surface area contributed by atoms with Crippen LogP contribution in [0.3, 0.4) is 0 Å². The Kier molecular flexibility index (Phi) is 7.83. The Bertz CT molecular complexity index is 1080. The quantitative estimate of drug-likeness (QED) is 0.573. The minimum Gasteiger partial charge on any atom is -0.424 e. The van der Waals surface area contributed by atoms with Gasteiger partial charge in [-0.05, 0) is 50.6 Å². The number of fused-ring (bicyclic) bond motifs is 1. The first-order valence-electron chi connectivity index (χ1n) is 11.1. The molecule has 0 bridgehead atoms. The monoisotopic (exact) mass is 471 g/mol. The molecule has 0 fully saturated rings. The first-order valence-corrected chi connectivity index (χ1v) is 11.1. The lowest BCUT2D eigenvalue weighted by Crippen LogP contribution is -2.56. The zero-order chi connectivity index (χ0) is 25.0. The average molecular weight is 472 g/mol. The molecule has 3 rings (SSSR count). The Balaban J connectivity index is 1.83. The fourth-order valence-electron chi connectivity index (χ4n) is 3.62. The molecule has 9 nitrogen and oxygen atoms in total. The van der Waals surface area contributed by atoms with Crippen LogP contribution in [0.5, 0.6) is 0 Å². The number of benzene rings is 1. The van der Waals surface area contributed by atoms with E-state index < -0.39 is 36.1 Å². The Morgan fingerprint density at radius 3 is 2.59 bits per heavy atom. The minimum absolute atomic E-state index is 0.0320. The van der Waals surface area contributed by atoms with Gasteiger partial charge in [0.05, 0.1) is 11.7 Å². The maximum Gasteiger partial charge on any atom is 0.413 e. The summed E-state index contributed by atoms with van der Waals surface area (Å²) in [4.78, 5) is 44.3. The molecule has 3 N–H and O–H groups in total. The summed E-state index contributed by atoms with van der Waals surface area (Å²) in [5, 5.41) is 8.00. The lowest BCUT2D eigenvalue weighted by Gasteiger charge is -2.31. The maximum atomic E-state index is 14.2. The third-order valence-electron chi connectivity index (χ3n) is 5.68. The molecule has 2 heterocycles. The molecule has 1 aliphatic heterocycles. The van der Waals surface area contributed by atoms with Gasteiger partial charge < -0.3 is 15.4 Å². The molecule has 0 saturated carbocycles. The molecule has 1 aliphatic rings. The van der Waals surface area contributed by atoms with Crippen molar-refractivity contribution in [1.29, 1.82) is 0 Å². The van der Waals surface area contributed by atoms with Crippen LogP contribution in [0.15, 0.2) is 36.5 Å². The molecular formula is C24H30FN5O4. The van der Waals surface area contributed by atoms with Crippen LogP contribution in [0.25, 0.3) is 0 Å². The molecule has 34 heavy (non-hydrogen) atoms. The molecule has 2 aromatic rings. The second-order valence-electron chi connectivity index (χ2n) is 8.61. The first kappa shape index (κ1) is 25.1. The molecule has 0 spiro atoms. The van der Waals surface area contributed by atoms with Crippen LogP contribution < -0.4 is 20.9 Å². The van der Waals surface area contributed by atoms with Crippen molar-refractivity contribution in [2.45, 2.75) is 52.4 Å². The molecule has 3 amide bonds. The van der Waals surface area contributed by atoms with Gasteiger partial charge in [0.2, 0.25) is 5.91 Å². The van der Waals surface area contributed by atoms with Gasteiger partial charge in [-0.25, -0.2) is 14.2 Å². The van der Waals surface area contributed by atoms with Crippen LogP contribution in [-0.2, 0) is 20.7 Å². The van der Waals surface area contributed by atoms with Crippen molar-refractivity contribution in [1.82, 2.24) is 15.6 Å². The minimum atomic E-state index is -1.01. The van der Waals surface area contributed by atoms with Gasteiger partial charge in [0.25, 0.3) is 5.91 Å². The molecule has 10 heteroatoms. The topological polar surface area (TPSA) is 113 Å². The van der Waals surface area contributed by atoms with Crippen LogP contribution in [0.4, 0.5) is 20.7 Å². The summed E-state index contributed by atoms with van der Waals surface area (Å²) in [5.41, 5.74) is 1.39. The number of anilines is 2. The lowest BCUT2D eigenvalue weighted by molar-refractivity contribution is -0.130. The van der Waals surface area contributed by atoms with E-state index in [2.05, 4.69) is 20.9 Å². The highest BCUT2D eigenvalue weighted by molar-refractivity contribution is 6.01. The average Bonchev–Trinajstić information content (AvgIpc) is 3.15. The molecule has 0 radical (unpaired) electrons. The normalized spacial score (nSPS) is 16.6. The van der Waals surface area contributed by atoms with Gasteiger partial charge >= 0.3 is 6.09 Å². The van der Waals surface area contributed by atoms with Crippen LogP contribution in [0.1, 0.15) is 31.9 Å². The molecule has 0 saturated heterocycles. The van der Waals surface area contributed by atoms with E-state index in [0.29, 0.717) is 16.9 Å². The number of amides is 3. The van der Waals surface area contributed by atoms with Gasteiger partial charge in [0, 0.05) is 18.2 Å². The van der Waals surface area contributed by atoms with Crippen LogP contribution in [0.2, 0.25) is 0 Å². The van der Waals surface area contributed by atoms with Gasteiger partial charge in [0.1, 0.15) is 17.7 Å². The van der Waals surface area contributed by atoms with Crippen LogP contribution in [-0.4, -0.2) is 48.3 Å². The highest BCUT2D eigenvalue weighted by atomic mass is 19.1. The fourth-order valence-corrected chi connectivity index (χ4v) is 3.62. The van der Waals surface area contributed by atoms with Crippen molar-refractivity contribution in [3.05, 3.63) is 53.5 Å². The van der Waals surface area contributed by atoms with Gasteiger partial charge in [-0.1, -0.05) is 26.0 Å². The summed E-state index contributed by atoms with van der Waals surface area (Å²) < 4.78 is 19.7. The molecule has 1 aromatic heterocycles. The lowest BCUT2D eigenvalue weighted by atomic mass is 10.0. The second kappa shape index (κ2) is 10.6. The van der Waals surface area contributed by atoms with E-state index in [-0.39, 0.29) is 23.9 Å². The summed E-state index contributed by atoms with van der Waals surface area (Å²) >= 11 is 0. The summed E-state index contributed by atoms with van der Waals surface area (Å²) in [6, 6.07) is 6.53. The van der Waals surface area contributed by atoms with Gasteiger partial charge in [-0.2, -0.15) is 0 Å². The number of ether oxygens (including phenoxy) is 1. The number of halogens is 1. The summed E-state index contributed by atoms with van der Waals surface area (Å²) in [6.07, 6.45) is -0.169. The first-order chi connectivity index (χ1) is 16.1. The number of carbonyl (C=O) groups excluding carboxylic acids is 3. The van der Waals surface area contributed by atoms with Crippen molar-refractivity contribution in [3.63, 3.8) is 0 Å². The number of aryl methyl sites for hydroxylation is 1. The van der Waals surface area contributed by atoms with E-state index in [1.54, 1.807) is 39.1 Å². The van der Waals surface area contributed by atoms with Gasteiger partial charge in [-0.3, -0.25) is 19.8 Å². The Hall–Kier alpha value is -3.53. The number of hydrogen-bond acceptors (Lipinski definition) is 6. The Morgan fingerprint density at radius 1 is 1.21 bits per heavy atom. The smallest absolute Gasteiger partial charge is 0.413 e. The summed E-state index contributed by atoms with van der Waals surface area (Å²) in [7, 11) is 1.65. The van der Waals surface area contributed by atoms with E-state index >= 15 is 0 Å². The van der Waals surface area contributed by atoms with E-state index in [4.69, 9.17) is 4.74 Å². The molecule has 182 valence electrons. The van der Waals surface area contributed by atoms with Crippen LogP contribution >= 0.6 is 0 Å². The predicted octanol–water partition coefficient (Wildman–Crippen LogP) is 2.74. The zero-order valence-corrected chi connectivity index (χ0v) is 19.9. The summed E-state index contributed by atoms with van der Waals surface area (Å²) in [5.74, 6) is -1.27. The van der Waals surface area contributed by atoms with Gasteiger partial charge in [-0.15, -0.1) is 0 Å². The number of rotatable bonds is 7. The molecule has 0 aliphatic carbocycles. The zero-order valence-electron chi connectivity index (χ0n) is 19.9. The molecule has 0 unspecified atom stereocenters. The van der Waals surface area contributed by atoms with E-state index in [9.17, 15) is 18.8 Å². The second-order valence-corrected chi connectivity index (χ2v) is 8.61. The van der Waals surface area contributed by atoms with Crippen molar-refractivity contribution >= 4 is 29.4 Å². The van der Waals surface area contributed by atoms with Crippen molar-refractivity contribution in [2.75, 3.05) is 17.3 Å². The number of carbonyl (C=O) groups is 3. The number of pyridine rings is 1. The number of hydrogen-bond donors (Lipinski definition) is 3. The molecule has 1 aromatic carbocycles. The standard InChI is InChI=1S/C24H30FN5O4/c1-13(2)20(29-22(31)15(4)26-5)23(32)30-19(12-16-7-6-10-27-21(16)30)34-24(33)28-18-9-8-14(3)11-17(18)25/h6-11,13,15,19-20,26H,12H2,1-5H3,(H,28,33)(H,29,31)/t15-,19-,20-/m0/s1. The van der Waals surface area contributed by atoms with E-state index in [1.807, 2.05) is 13.8 Å². The Morgan fingerprint density at radius 2 is 1.94 bits per heavy atom. The van der Waals surface area contributed by atoms with E-state index in [1.165, 1.54) is 23.2 Å². The van der Waals surface area contributed by atoms with Crippen LogP contribution in [0, 0.1) is 18.7 Å². The molecular weight excluding hydrogens is 441 g/mol. The maximum absolute atomic E-state index is 14.2. The third-order valence-corrected chi connectivity index (χ3v) is 5.68. The number of aromatic nitrogens is 1. The molecule has 3 atom stereocenters. The number of nitrogens with one attached hydrogen (secondary N) is 3. The van der Waals surface area contributed by atoms with Crippen molar-refractivity contribution < 1.29 is 23.5 Å². The SMILES string of the molecule is CN[C@@H](C)C(=O)N[C@H](C(=O)N1c2ncccc2C[C@@H]1OC(=O)Nc1ccc(C)cc1F)C(C)C. The van der Waals surface area contributed by atoms with E-state index in [0.717, 1.165) is 0 Å². The Labute approximate surface area is 198 Å². The van der Waals surface area contributed by atoms with Gasteiger partial charge in [0.15, 0.2) is 6.23 Å². The highest BCUT2D eigenvalue weighted by Gasteiger charge is 2.41. The number of likely N-dealkylation sites (N-methyl/N-ethyl adjacent to an activating group) is 1. The largest absolute Gasteiger partial charge is 0.424 e. The van der Waals surface area contributed by atoms with Crippen molar-refractivity contribution in [2.24, 2.45) is 5.92 Å². The van der Waals surface area contributed by atoms with Crippen molar-refractivity contribution in [3.8, 4) is 0 Å². The summed E-state index contributed by atoms with van der Waals surface area (Å²) in [6.45, 7) is 7.04.